The molecule has 90 valence electrons. The highest BCUT2D eigenvalue weighted by molar-refractivity contribution is 5.25. The largest absolute Gasteiger partial charge is 0.396 e. The third-order valence-corrected chi connectivity index (χ3v) is 2.73. The zero-order valence-electron chi connectivity index (χ0n) is 9.98. The predicted octanol–water partition coefficient (Wildman–Crippen LogP) is 1.60. The van der Waals surface area contributed by atoms with E-state index < -0.39 is 0 Å². The molecule has 0 aliphatic rings. The van der Waals surface area contributed by atoms with E-state index in [0.29, 0.717) is 0 Å². The van der Waals surface area contributed by atoms with Crippen LogP contribution in [-0.4, -0.2) is 22.9 Å². The summed E-state index contributed by atoms with van der Waals surface area (Å²) in [5, 5.41) is 21.3. The summed E-state index contributed by atoms with van der Waals surface area (Å²) in [5.74, 6) is 0. The minimum atomic E-state index is 0.0761. The van der Waals surface area contributed by atoms with Crippen LogP contribution < -0.4 is 5.32 Å². The van der Waals surface area contributed by atoms with Gasteiger partial charge in [-0.05, 0) is 31.4 Å². The van der Waals surface area contributed by atoms with Crippen LogP contribution in [0.1, 0.15) is 37.4 Å². The van der Waals surface area contributed by atoms with Crippen molar-refractivity contribution in [3.05, 3.63) is 35.4 Å². The van der Waals surface area contributed by atoms with Crippen LogP contribution in [0.15, 0.2) is 24.3 Å². The van der Waals surface area contributed by atoms with Crippen molar-refractivity contribution >= 4 is 0 Å². The SMILES string of the molecule is CC(N[C@H](C)CCO)c1cccc(CO)c1. The molecular weight excluding hydrogens is 202 g/mol. The molecule has 1 aromatic carbocycles. The minimum Gasteiger partial charge on any atom is -0.396 e. The molecule has 1 aromatic rings. The summed E-state index contributed by atoms with van der Waals surface area (Å²) in [5.41, 5.74) is 2.09. The Balaban J connectivity index is 2.61. The second-order valence-corrected chi connectivity index (χ2v) is 4.20. The Morgan fingerprint density at radius 1 is 1.25 bits per heavy atom. The minimum absolute atomic E-state index is 0.0761. The van der Waals surface area contributed by atoms with Crippen molar-refractivity contribution in [3.8, 4) is 0 Å². The van der Waals surface area contributed by atoms with Gasteiger partial charge < -0.3 is 15.5 Å². The number of hydrogen-bond donors (Lipinski definition) is 3. The van der Waals surface area contributed by atoms with Crippen LogP contribution in [0.2, 0.25) is 0 Å². The Labute approximate surface area is 97.1 Å². The summed E-state index contributed by atoms with van der Waals surface area (Å²) < 4.78 is 0. The number of rotatable bonds is 6. The van der Waals surface area contributed by atoms with Crippen LogP contribution in [0.25, 0.3) is 0 Å². The first-order chi connectivity index (χ1) is 7.67. The standard InChI is InChI=1S/C13H21NO2/c1-10(6-7-15)14-11(2)13-5-3-4-12(8-13)9-16/h3-5,8,10-11,14-16H,6-7,9H2,1-2H3/t10-,11?/m1/s1. The van der Waals surface area contributed by atoms with Crippen LogP contribution in [0.4, 0.5) is 0 Å². The Kier molecular flexibility index (Phi) is 5.46. The molecule has 1 rings (SSSR count). The van der Waals surface area contributed by atoms with E-state index in [-0.39, 0.29) is 25.3 Å². The molecule has 0 radical (unpaired) electrons. The monoisotopic (exact) mass is 223 g/mol. The van der Waals surface area contributed by atoms with E-state index in [0.717, 1.165) is 17.5 Å². The van der Waals surface area contributed by atoms with Crippen molar-refractivity contribution in [2.45, 2.75) is 39.0 Å². The summed E-state index contributed by atoms with van der Waals surface area (Å²) in [6.07, 6.45) is 0.754. The van der Waals surface area contributed by atoms with Gasteiger partial charge in [-0.2, -0.15) is 0 Å². The van der Waals surface area contributed by atoms with Crippen molar-refractivity contribution in [1.29, 1.82) is 0 Å². The van der Waals surface area contributed by atoms with Gasteiger partial charge in [-0.3, -0.25) is 0 Å². The van der Waals surface area contributed by atoms with E-state index in [4.69, 9.17) is 10.2 Å². The van der Waals surface area contributed by atoms with Gasteiger partial charge in [0.2, 0.25) is 0 Å². The van der Waals surface area contributed by atoms with E-state index in [1.807, 2.05) is 24.3 Å². The van der Waals surface area contributed by atoms with Gasteiger partial charge in [0.25, 0.3) is 0 Å². The summed E-state index contributed by atoms with van der Waals surface area (Å²) >= 11 is 0. The molecular formula is C13H21NO2. The Bertz CT molecular complexity index is 315. The number of benzene rings is 1. The van der Waals surface area contributed by atoms with Crippen molar-refractivity contribution in [3.63, 3.8) is 0 Å². The molecule has 0 fully saturated rings. The van der Waals surface area contributed by atoms with Crippen molar-refractivity contribution in [2.24, 2.45) is 0 Å². The fourth-order valence-electron chi connectivity index (χ4n) is 1.76. The van der Waals surface area contributed by atoms with Crippen LogP contribution in [0, 0.1) is 0 Å². The highest BCUT2D eigenvalue weighted by Gasteiger charge is 2.09. The lowest BCUT2D eigenvalue weighted by Crippen LogP contribution is -2.29. The third kappa shape index (κ3) is 3.93. The maximum atomic E-state index is 9.06. The maximum absolute atomic E-state index is 9.06. The molecule has 3 nitrogen and oxygen atoms in total. The Hall–Kier alpha value is -0.900. The fourth-order valence-corrected chi connectivity index (χ4v) is 1.76. The van der Waals surface area contributed by atoms with Crippen LogP contribution in [-0.2, 0) is 6.61 Å². The normalized spacial score (nSPS) is 14.8. The molecule has 1 unspecified atom stereocenters. The average Bonchev–Trinajstić information content (AvgIpc) is 2.29. The second kappa shape index (κ2) is 6.63. The molecule has 0 bridgehead atoms. The van der Waals surface area contributed by atoms with Gasteiger partial charge in [0.15, 0.2) is 0 Å². The number of hydrogen-bond acceptors (Lipinski definition) is 3. The quantitative estimate of drug-likeness (QED) is 0.686. The van der Waals surface area contributed by atoms with E-state index in [9.17, 15) is 0 Å². The summed E-state index contributed by atoms with van der Waals surface area (Å²) in [6, 6.07) is 8.43. The number of aliphatic hydroxyl groups is 2. The van der Waals surface area contributed by atoms with E-state index in [1.165, 1.54) is 0 Å². The van der Waals surface area contributed by atoms with Gasteiger partial charge in [0.05, 0.1) is 6.61 Å². The first-order valence-corrected chi connectivity index (χ1v) is 5.74. The Morgan fingerprint density at radius 2 is 2.00 bits per heavy atom. The lowest BCUT2D eigenvalue weighted by molar-refractivity contribution is 0.264. The highest BCUT2D eigenvalue weighted by Crippen LogP contribution is 2.15. The van der Waals surface area contributed by atoms with E-state index >= 15 is 0 Å². The fraction of sp³-hybridized carbons (Fsp3) is 0.538. The van der Waals surface area contributed by atoms with Crippen LogP contribution >= 0.6 is 0 Å². The van der Waals surface area contributed by atoms with Gasteiger partial charge >= 0.3 is 0 Å². The molecule has 0 saturated carbocycles. The topological polar surface area (TPSA) is 52.5 Å². The first-order valence-electron chi connectivity index (χ1n) is 5.74. The first kappa shape index (κ1) is 13.2. The van der Waals surface area contributed by atoms with Crippen molar-refractivity contribution < 1.29 is 10.2 Å². The van der Waals surface area contributed by atoms with Gasteiger partial charge in [-0.25, -0.2) is 0 Å². The summed E-state index contributed by atoms with van der Waals surface area (Å²) in [6.45, 7) is 4.43. The number of aliphatic hydroxyl groups excluding tert-OH is 2. The molecule has 3 N–H and O–H groups in total. The summed E-state index contributed by atoms with van der Waals surface area (Å²) in [7, 11) is 0. The van der Waals surface area contributed by atoms with Gasteiger partial charge in [-0.15, -0.1) is 0 Å². The smallest absolute Gasteiger partial charge is 0.0681 e. The average molecular weight is 223 g/mol. The molecule has 0 heterocycles. The van der Waals surface area contributed by atoms with Crippen LogP contribution in [0.5, 0.6) is 0 Å². The lowest BCUT2D eigenvalue weighted by atomic mass is 10.0. The Morgan fingerprint density at radius 3 is 2.62 bits per heavy atom. The molecule has 2 atom stereocenters. The zero-order valence-corrected chi connectivity index (χ0v) is 9.98. The lowest BCUT2D eigenvalue weighted by Gasteiger charge is -2.20. The van der Waals surface area contributed by atoms with Crippen molar-refractivity contribution in [1.82, 2.24) is 5.32 Å². The molecule has 0 spiro atoms. The van der Waals surface area contributed by atoms with Gasteiger partial charge in [-0.1, -0.05) is 24.3 Å². The predicted molar refractivity (Wildman–Crippen MR) is 65.1 cm³/mol. The molecule has 0 aromatic heterocycles. The van der Waals surface area contributed by atoms with E-state index in [1.54, 1.807) is 0 Å². The molecule has 0 amide bonds. The molecule has 0 saturated heterocycles. The highest BCUT2D eigenvalue weighted by atomic mass is 16.3. The molecule has 0 aliphatic carbocycles. The van der Waals surface area contributed by atoms with E-state index in [2.05, 4.69) is 19.2 Å². The van der Waals surface area contributed by atoms with Gasteiger partial charge in [0, 0.05) is 18.7 Å². The van der Waals surface area contributed by atoms with Gasteiger partial charge in [0.1, 0.15) is 0 Å². The number of nitrogens with one attached hydrogen (secondary N) is 1. The second-order valence-electron chi connectivity index (χ2n) is 4.20. The summed E-state index contributed by atoms with van der Waals surface area (Å²) in [4.78, 5) is 0. The van der Waals surface area contributed by atoms with Crippen molar-refractivity contribution in [2.75, 3.05) is 6.61 Å². The zero-order chi connectivity index (χ0) is 12.0. The maximum Gasteiger partial charge on any atom is 0.0681 e. The molecule has 3 heteroatoms. The third-order valence-electron chi connectivity index (χ3n) is 2.73. The van der Waals surface area contributed by atoms with Crippen LogP contribution in [0.3, 0.4) is 0 Å². The molecule has 16 heavy (non-hydrogen) atoms. The molecule has 0 aliphatic heterocycles.